The van der Waals surface area contributed by atoms with Crippen LogP contribution in [0, 0.1) is 0 Å². The lowest BCUT2D eigenvalue weighted by Gasteiger charge is -2.42. The first-order chi connectivity index (χ1) is 12.2. The lowest BCUT2D eigenvalue weighted by molar-refractivity contribution is -0.0507. The Labute approximate surface area is 154 Å². The highest BCUT2D eigenvalue weighted by atomic mass is 35.5. The van der Waals surface area contributed by atoms with Crippen molar-refractivity contribution >= 4 is 17.7 Å². The molecule has 0 aromatic heterocycles. The Morgan fingerprint density at radius 3 is 2.76 bits per heavy atom. The molecule has 25 heavy (non-hydrogen) atoms. The van der Waals surface area contributed by atoms with Crippen LogP contribution in [0.1, 0.15) is 25.3 Å². The van der Waals surface area contributed by atoms with Gasteiger partial charge in [-0.1, -0.05) is 29.8 Å². The number of carbonyl (C=O) groups excluding carboxylic acids is 1. The summed E-state index contributed by atoms with van der Waals surface area (Å²) in [6.07, 6.45) is 2.84. The van der Waals surface area contributed by atoms with E-state index in [1.54, 1.807) is 0 Å². The molecule has 2 saturated heterocycles. The monoisotopic (exact) mass is 366 g/mol. The molecule has 0 bridgehead atoms. The normalized spacial score (nSPS) is 22.8. The summed E-state index contributed by atoms with van der Waals surface area (Å²) in [6, 6.07) is 8.50. The van der Waals surface area contributed by atoms with Crippen molar-refractivity contribution in [3.8, 4) is 0 Å². The zero-order chi connectivity index (χ0) is 17.6. The van der Waals surface area contributed by atoms with E-state index in [0.717, 1.165) is 62.6 Å². The van der Waals surface area contributed by atoms with Gasteiger partial charge < -0.3 is 14.4 Å². The smallest absolute Gasteiger partial charge is 0.409 e. The molecular weight excluding hydrogens is 340 g/mol. The van der Waals surface area contributed by atoms with Crippen molar-refractivity contribution < 1.29 is 14.3 Å². The second kappa shape index (κ2) is 8.88. The number of halogens is 1. The number of morpholine rings is 1. The van der Waals surface area contributed by atoms with Crippen LogP contribution in [0.5, 0.6) is 0 Å². The second-order valence-electron chi connectivity index (χ2n) is 6.70. The maximum atomic E-state index is 11.8. The van der Waals surface area contributed by atoms with E-state index in [0.29, 0.717) is 12.6 Å². The third-order valence-corrected chi connectivity index (χ3v) is 5.45. The van der Waals surface area contributed by atoms with Crippen molar-refractivity contribution in [3.05, 3.63) is 34.9 Å². The predicted molar refractivity (Wildman–Crippen MR) is 98.1 cm³/mol. The number of likely N-dealkylation sites (tertiary alicyclic amines) is 1. The van der Waals surface area contributed by atoms with Crippen molar-refractivity contribution in [2.24, 2.45) is 0 Å². The molecule has 0 N–H and O–H groups in total. The third kappa shape index (κ3) is 4.87. The molecule has 0 radical (unpaired) electrons. The Morgan fingerprint density at radius 2 is 2.04 bits per heavy atom. The summed E-state index contributed by atoms with van der Waals surface area (Å²) in [5.41, 5.74) is 1.15. The van der Waals surface area contributed by atoms with Gasteiger partial charge in [0, 0.05) is 43.7 Å². The van der Waals surface area contributed by atoms with Crippen LogP contribution in [0.2, 0.25) is 5.02 Å². The fraction of sp³-hybridized carbons (Fsp3) is 0.632. The first-order valence-electron chi connectivity index (χ1n) is 9.18. The summed E-state index contributed by atoms with van der Waals surface area (Å²) in [6.45, 7) is 6.47. The second-order valence-corrected chi connectivity index (χ2v) is 7.11. The minimum atomic E-state index is -0.181. The number of ether oxygens (including phenoxy) is 2. The van der Waals surface area contributed by atoms with E-state index < -0.39 is 0 Å². The van der Waals surface area contributed by atoms with E-state index in [-0.39, 0.29) is 12.2 Å². The SMILES string of the molecule is CCOC(=O)N1CCC(N2CCOC(Cc3ccccc3Cl)C2)CC1. The summed E-state index contributed by atoms with van der Waals surface area (Å²) >= 11 is 6.28. The first-order valence-corrected chi connectivity index (χ1v) is 9.56. The van der Waals surface area contributed by atoms with E-state index >= 15 is 0 Å². The molecule has 0 spiro atoms. The topological polar surface area (TPSA) is 42.0 Å². The van der Waals surface area contributed by atoms with Gasteiger partial charge in [-0.05, 0) is 31.4 Å². The number of piperidine rings is 1. The maximum Gasteiger partial charge on any atom is 0.409 e. The average Bonchev–Trinajstić information content (AvgIpc) is 2.64. The van der Waals surface area contributed by atoms with Crippen molar-refractivity contribution in [3.63, 3.8) is 0 Å². The van der Waals surface area contributed by atoms with Gasteiger partial charge in [-0.25, -0.2) is 4.79 Å². The zero-order valence-corrected chi connectivity index (χ0v) is 15.6. The van der Waals surface area contributed by atoms with Gasteiger partial charge in [-0.2, -0.15) is 0 Å². The van der Waals surface area contributed by atoms with Crippen LogP contribution in [-0.4, -0.2) is 67.4 Å². The van der Waals surface area contributed by atoms with E-state index in [9.17, 15) is 4.79 Å². The molecule has 0 saturated carbocycles. The highest BCUT2D eigenvalue weighted by molar-refractivity contribution is 6.31. The van der Waals surface area contributed by atoms with Crippen molar-refractivity contribution in [1.82, 2.24) is 9.80 Å². The Kier molecular flexibility index (Phi) is 6.57. The highest BCUT2D eigenvalue weighted by Crippen LogP contribution is 2.23. The highest BCUT2D eigenvalue weighted by Gasteiger charge is 2.31. The van der Waals surface area contributed by atoms with Crippen molar-refractivity contribution in [2.75, 3.05) is 39.4 Å². The van der Waals surface area contributed by atoms with E-state index in [1.165, 1.54) is 0 Å². The summed E-state index contributed by atoms with van der Waals surface area (Å²) in [7, 11) is 0. The fourth-order valence-electron chi connectivity index (χ4n) is 3.73. The minimum Gasteiger partial charge on any atom is -0.450 e. The lowest BCUT2D eigenvalue weighted by atomic mass is 10.0. The van der Waals surface area contributed by atoms with Gasteiger partial charge in [-0.3, -0.25) is 4.90 Å². The Balaban J connectivity index is 1.51. The van der Waals surface area contributed by atoms with Gasteiger partial charge in [0.05, 0.1) is 19.3 Å². The Hall–Kier alpha value is -1.30. The molecule has 2 fully saturated rings. The molecule has 2 heterocycles. The van der Waals surface area contributed by atoms with Crippen LogP contribution >= 0.6 is 11.6 Å². The lowest BCUT2D eigenvalue weighted by Crippen LogP contribution is -2.52. The standard InChI is InChI=1S/C19H27ClN2O3/c1-2-24-19(23)21-9-7-16(8-10-21)22-11-12-25-17(14-22)13-15-5-3-4-6-18(15)20/h3-6,16-17H,2,7-14H2,1H3. The third-order valence-electron chi connectivity index (χ3n) is 5.08. The van der Waals surface area contributed by atoms with Gasteiger partial charge in [0.1, 0.15) is 0 Å². The molecule has 2 aliphatic heterocycles. The van der Waals surface area contributed by atoms with E-state index in [4.69, 9.17) is 21.1 Å². The molecule has 2 aliphatic rings. The molecule has 1 atom stereocenters. The predicted octanol–water partition coefficient (Wildman–Crippen LogP) is 3.20. The van der Waals surface area contributed by atoms with Gasteiger partial charge in [0.25, 0.3) is 0 Å². The molecule has 1 amide bonds. The summed E-state index contributed by atoms with van der Waals surface area (Å²) in [4.78, 5) is 16.2. The Morgan fingerprint density at radius 1 is 1.28 bits per heavy atom. The number of amides is 1. The fourth-order valence-corrected chi connectivity index (χ4v) is 3.95. The molecule has 138 valence electrons. The number of benzene rings is 1. The average molecular weight is 367 g/mol. The Bertz CT molecular complexity index is 576. The maximum absolute atomic E-state index is 11.8. The van der Waals surface area contributed by atoms with Crippen LogP contribution in [0.25, 0.3) is 0 Å². The number of nitrogens with zero attached hydrogens (tertiary/aromatic N) is 2. The zero-order valence-electron chi connectivity index (χ0n) is 14.8. The van der Waals surface area contributed by atoms with Crippen molar-refractivity contribution in [2.45, 2.75) is 38.3 Å². The van der Waals surface area contributed by atoms with Crippen molar-refractivity contribution in [1.29, 1.82) is 0 Å². The van der Waals surface area contributed by atoms with Gasteiger partial charge >= 0.3 is 6.09 Å². The summed E-state index contributed by atoms with van der Waals surface area (Å²) in [5, 5.41) is 0.811. The van der Waals surface area contributed by atoms with Crippen LogP contribution in [-0.2, 0) is 15.9 Å². The van der Waals surface area contributed by atoms with E-state index in [1.807, 2.05) is 30.0 Å². The molecule has 3 rings (SSSR count). The van der Waals surface area contributed by atoms with Crippen LogP contribution in [0.3, 0.4) is 0 Å². The number of hydrogen-bond acceptors (Lipinski definition) is 4. The molecule has 5 nitrogen and oxygen atoms in total. The molecule has 6 heteroatoms. The first kappa shape index (κ1) is 18.5. The van der Waals surface area contributed by atoms with Gasteiger partial charge in [0.2, 0.25) is 0 Å². The van der Waals surface area contributed by atoms with Crippen LogP contribution < -0.4 is 0 Å². The molecule has 1 unspecified atom stereocenters. The van der Waals surface area contributed by atoms with E-state index in [2.05, 4.69) is 11.0 Å². The summed E-state index contributed by atoms with van der Waals surface area (Å²) < 4.78 is 11.1. The largest absolute Gasteiger partial charge is 0.450 e. The molecular formula is C19H27ClN2O3. The summed E-state index contributed by atoms with van der Waals surface area (Å²) in [5.74, 6) is 0. The van der Waals surface area contributed by atoms with Crippen LogP contribution in [0.4, 0.5) is 4.79 Å². The quantitative estimate of drug-likeness (QED) is 0.820. The molecule has 1 aromatic carbocycles. The molecule has 1 aromatic rings. The number of carbonyl (C=O) groups is 1. The number of rotatable bonds is 4. The molecule has 0 aliphatic carbocycles. The van der Waals surface area contributed by atoms with Gasteiger partial charge in [-0.15, -0.1) is 0 Å². The van der Waals surface area contributed by atoms with Crippen LogP contribution in [0.15, 0.2) is 24.3 Å². The number of hydrogen-bond donors (Lipinski definition) is 0. The van der Waals surface area contributed by atoms with Gasteiger partial charge in [0.15, 0.2) is 0 Å². The minimum absolute atomic E-state index is 0.178.